The van der Waals surface area contributed by atoms with Crippen LogP contribution in [0.25, 0.3) is 0 Å². The van der Waals surface area contributed by atoms with Gasteiger partial charge < -0.3 is 4.90 Å². The molecule has 154 valence electrons. The molecule has 1 saturated heterocycles. The number of hydrogen-bond acceptors (Lipinski definition) is 4. The van der Waals surface area contributed by atoms with Crippen LogP contribution < -0.4 is 4.90 Å². The monoisotopic (exact) mass is 423 g/mol. The van der Waals surface area contributed by atoms with Gasteiger partial charge in [0.05, 0.1) is 15.8 Å². The van der Waals surface area contributed by atoms with Crippen LogP contribution in [-0.4, -0.2) is 43.6 Å². The van der Waals surface area contributed by atoms with Gasteiger partial charge in [-0.1, -0.05) is 30.9 Å². The first-order valence-electron chi connectivity index (χ1n) is 10.3. The number of halogens is 1. The average Bonchev–Trinajstić information content (AvgIpc) is 3.17. The summed E-state index contributed by atoms with van der Waals surface area (Å²) in [5.74, 6) is 0.624. The van der Waals surface area contributed by atoms with Crippen molar-refractivity contribution in [3.05, 3.63) is 28.8 Å². The van der Waals surface area contributed by atoms with Gasteiger partial charge in [-0.05, 0) is 57.2 Å². The Labute approximate surface area is 174 Å². The number of rotatable bonds is 6. The van der Waals surface area contributed by atoms with Gasteiger partial charge in [0.1, 0.15) is 6.07 Å². The summed E-state index contributed by atoms with van der Waals surface area (Å²) in [6.45, 7) is 5.48. The summed E-state index contributed by atoms with van der Waals surface area (Å²) in [6.07, 6.45) is 7.11. The molecule has 1 heterocycles. The summed E-state index contributed by atoms with van der Waals surface area (Å²) in [6, 6.07) is 7.83. The molecular formula is C21H30ClN3O2S. The highest BCUT2D eigenvalue weighted by Gasteiger charge is 2.36. The molecule has 7 heteroatoms. The van der Waals surface area contributed by atoms with E-state index in [2.05, 4.69) is 11.0 Å². The second-order valence-electron chi connectivity index (χ2n) is 8.33. The average molecular weight is 424 g/mol. The minimum absolute atomic E-state index is 0.138. The standard InChI is InChI=1S/C21H30ClN3O2S/c1-16(2)28(26,27)24-11-10-20(15-24)25(14-17-6-4-3-5-7-17)19-9-8-18(13-23)21(22)12-19/h8-9,12,16-17,20H,3-7,10-11,14-15H2,1-2H3/t20-/m0/s1. The lowest BCUT2D eigenvalue weighted by Gasteiger charge is -2.36. The van der Waals surface area contributed by atoms with E-state index in [1.165, 1.54) is 32.1 Å². The molecule has 0 N–H and O–H groups in total. The molecule has 0 amide bonds. The lowest BCUT2D eigenvalue weighted by molar-refractivity contribution is 0.349. The van der Waals surface area contributed by atoms with Crippen LogP contribution in [0.1, 0.15) is 57.9 Å². The Morgan fingerprint density at radius 2 is 1.96 bits per heavy atom. The largest absolute Gasteiger partial charge is 0.367 e. The SMILES string of the molecule is CC(C)S(=O)(=O)N1CC[C@H](N(CC2CCCCC2)c2ccc(C#N)c(Cl)c2)C1. The molecule has 1 atom stereocenters. The zero-order valence-corrected chi connectivity index (χ0v) is 18.3. The van der Waals surface area contributed by atoms with E-state index >= 15 is 0 Å². The third-order valence-electron chi connectivity index (χ3n) is 6.11. The molecule has 1 aliphatic heterocycles. The first-order valence-corrected chi connectivity index (χ1v) is 12.2. The smallest absolute Gasteiger partial charge is 0.216 e. The van der Waals surface area contributed by atoms with Crippen molar-refractivity contribution in [1.82, 2.24) is 4.31 Å². The summed E-state index contributed by atoms with van der Waals surface area (Å²) in [5.41, 5.74) is 1.46. The van der Waals surface area contributed by atoms with Crippen molar-refractivity contribution < 1.29 is 8.42 Å². The molecule has 1 aromatic carbocycles. The number of nitriles is 1. The number of nitrogens with zero attached hydrogens (tertiary/aromatic N) is 3. The third-order valence-corrected chi connectivity index (χ3v) is 8.66. The van der Waals surface area contributed by atoms with Gasteiger partial charge in [0.15, 0.2) is 0 Å². The Bertz CT molecular complexity index is 829. The zero-order chi connectivity index (χ0) is 20.3. The van der Waals surface area contributed by atoms with Crippen LogP contribution in [0.5, 0.6) is 0 Å². The van der Waals surface area contributed by atoms with Crippen molar-refractivity contribution in [3.8, 4) is 6.07 Å². The van der Waals surface area contributed by atoms with Crippen LogP contribution in [0.4, 0.5) is 5.69 Å². The quantitative estimate of drug-likeness (QED) is 0.679. The zero-order valence-electron chi connectivity index (χ0n) is 16.8. The molecule has 1 aromatic rings. The Morgan fingerprint density at radius 3 is 2.57 bits per heavy atom. The summed E-state index contributed by atoms with van der Waals surface area (Å²) < 4.78 is 26.9. The normalized spacial score (nSPS) is 21.8. The Kier molecular flexibility index (Phi) is 6.90. The molecule has 0 spiro atoms. The maximum atomic E-state index is 12.6. The van der Waals surface area contributed by atoms with Crippen LogP contribution in [-0.2, 0) is 10.0 Å². The fourth-order valence-corrected chi connectivity index (χ4v) is 5.93. The molecule has 1 saturated carbocycles. The van der Waals surface area contributed by atoms with E-state index in [0.717, 1.165) is 18.7 Å². The highest BCUT2D eigenvalue weighted by molar-refractivity contribution is 7.89. The van der Waals surface area contributed by atoms with Crippen molar-refractivity contribution in [1.29, 1.82) is 5.26 Å². The predicted octanol–water partition coefficient (Wildman–Crippen LogP) is 4.41. The number of hydrogen-bond donors (Lipinski definition) is 0. The Balaban J connectivity index is 1.84. The van der Waals surface area contributed by atoms with Crippen LogP contribution in [0.15, 0.2) is 18.2 Å². The fourth-order valence-electron chi connectivity index (χ4n) is 4.38. The second kappa shape index (κ2) is 9.02. The number of anilines is 1. The van der Waals surface area contributed by atoms with Gasteiger partial charge in [-0.15, -0.1) is 0 Å². The van der Waals surface area contributed by atoms with Crippen LogP contribution >= 0.6 is 11.6 Å². The molecular weight excluding hydrogens is 394 g/mol. The van der Waals surface area contributed by atoms with Gasteiger partial charge in [0.2, 0.25) is 10.0 Å². The number of sulfonamides is 1. The van der Waals surface area contributed by atoms with E-state index in [4.69, 9.17) is 11.6 Å². The van der Waals surface area contributed by atoms with Gasteiger partial charge >= 0.3 is 0 Å². The molecule has 2 fully saturated rings. The van der Waals surface area contributed by atoms with Crippen molar-refractivity contribution >= 4 is 27.3 Å². The van der Waals surface area contributed by atoms with E-state index in [1.54, 1.807) is 24.2 Å². The van der Waals surface area contributed by atoms with Crippen molar-refractivity contribution in [3.63, 3.8) is 0 Å². The molecule has 5 nitrogen and oxygen atoms in total. The molecule has 3 rings (SSSR count). The summed E-state index contributed by atoms with van der Waals surface area (Å²) in [5, 5.41) is 9.23. The van der Waals surface area contributed by atoms with Crippen LogP contribution in [0.2, 0.25) is 5.02 Å². The van der Waals surface area contributed by atoms with Gasteiger partial charge in [0, 0.05) is 31.4 Å². The lowest BCUT2D eigenvalue weighted by Crippen LogP contribution is -2.43. The lowest BCUT2D eigenvalue weighted by atomic mass is 9.88. The fraction of sp³-hybridized carbons (Fsp3) is 0.667. The van der Waals surface area contributed by atoms with Gasteiger partial charge in [0.25, 0.3) is 0 Å². The highest BCUT2D eigenvalue weighted by atomic mass is 35.5. The van der Waals surface area contributed by atoms with Crippen LogP contribution in [0.3, 0.4) is 0 Å². The van der Waals surface area contributed by atoms with E-state index in [0.29, 0.717) is 29.6 Å². The maximum absolute atomic E-state index is 12.6. The second-order valence-corrected chi connectivity index (χ2v) is 11.2. The van der Waals surface area contributed by atoms with Gasteiger partial charge in [-0.3, -0.25) is 0 Å². The van der Waals surface area contributed by atoms with Crippen molar-refractivity contribution in [2.75, 3.05) is 24.5 Å². The topological polar surface area (TPSA) is 64.4 Å². The van der Waals surface area contributed by atoms with Crippen LogP contribution in [0, 0.1) is 17.2 Å². The minimum Gasteiger partial charge on any atom is -0.367 e. The van der Waals surface area contributed by atoms with E-state index in [9.17, 15) is 13.7 Å². The number of benzene rings is 1. The summed E-state index contributed by atoms with van der Waals surface area (Å²) >= 11 is 6.31. The molecule has 0 radical (unpaired) electrons. The maximum Gasteiger partial charge on any atom is 0.216 e. The first kappa shape index (κ1) is 21.4. The first-order chi connectivity index (χ1) is 13.3. The molecule has 28 heavy (non-hydrogen) atoms. The minimum atomic E-state index is -3.24. The molecule has 0 bridgehead atoms. The predicted molar refractivity (Wildman–Crippen MR) is 114 cm³/mol. The molecule has 0 aromatic heterocycles. The van der Waals surface area contributed by atoms with Gasteiger partial charge in [-0.2, -0.15) is 9.57 Å². The molecule has 1 aliphatic carbocycles. The van der Waals surface area contributed by atoms with Gasteiger partial charge in [-0.25, -0.2) is 8.42 Å². The van der Waals surface area contributed by atoms with E-state index in [-0.39, 0.29) is 6.04 Å². The van der Waals surface area contributed by atoms with Crippen molar-refractivity contribution in [2.24, 2.45) is 5.92 Å². The van der Waals surface area contributed by atoms with E-state index < -0.39 is 15.3 Å². The van der Waals surface area contributed by atoms with E-state index in [1.807, 2.05) is 12.1 Å². The molecule has 0 unspecified atom stereocenters. The molecule has 2 aliphatic rings. The highest BCUT2D eigenvalue weighted by Crippen LogP contribution is 2.32. The summed E-state index contributed by atoms with van der Waals surface area (Å²) in [7, 11) is -3.24. The van der Waals surface area contributed by atoms with Crippen molar-refractivity contribution in [2.45, 2.75) is 63.7 Å². The Morgan fingerprint density at radius 1 is 1.25 bits per heavy atom. The third kappa shape index (κ3) is 4.64. The summed E-state index contributed by atoms with van der Waals surface area (Å²) in [4.78, 5) is 2.35. The Hall–Kier alpha value is -1.29.